The van der Waals surface area contributed by atoms with Gasteiger partial charge in [0.2, 0.25) is 0 Å². The molecule has 1 unspecified atom stereocenters. The first-order valence-corrected chi connectivity index (χ1v) is 15.1. The predicted molar refractivity (Wildman–Crippen MR) is 147 cm³/mol. The second-order valence-electron chi connectivity index (χ2n) is 9.68. The maximum Gasteiger partial charge on any atom is 0.500 e. The van der Waals surface area contributed by atoms with E-state index < -0.39 is 14.9 Å². The Morgan fingerprint density at radius 2 is 1.47 bits per heavy atom. The van der Waals surface area contributed by atoms with Crippen molar-refractivity contribution in [1.82, 2.24) is 0 Å². The molecule has 0 saturated heterocycles. The Kier molecular flexibility index (Phi) is 10.9. The average Bonchev–Trinajstić information content (AvgIpc) is 3.29. The number of hydrogen-bond donors (Lipinski definition) is 0. The van der Waals surface area contributed by atoms with E-state index in [0.29, 0.717) is 12.0 Å². The number of hydrogen-bond acceptors (Lipinski definition) is 5. The van der Waals surface area contributed by atoms with E-state index in [1.54, 1.807) is 28.3 Å². The van der Waals surface area contributed by atoms with E-state index >= 15 is 0 Å². The standard InChI is InChI=1S/C30H42O5Si/c1-23(2)30(31)29(19-11-9-7-6-8-10-14-21-36(32-3,33-4)34-5)35-28-20-15-18-26-25-17-13-12-16-24(25)22-27(26)28/h12-13,15-18,20,29H,1,6-11,14,19,21-22H2,2-5H3. The molecule has 1 aliphatic carbocycles. The van der Waals surface area contributed by atoms with E-state index in [4.69, 9.17) is 18.0 Å². The van der Waals surface area contributed by atoms with Gasteiger partial charge in [0.15, 0.2) is 11.9 Å². The van der Waals surface area contributed by atoms with Gasteiger partial charge >= 0.3 is 8.80 Å². The average molecular weight is 511 g/mol. The number of ketones is 1. The molecule has 196 valence electrons. The Balaban J connectivity index is 1.46. The summed E-state index contributed by atoms with van der Waals surface area (Å²) in [5.41, 5.74) is 5.52. The van der Waals surface area contributed by atoms with Crippen molar-refractivity contribution >= 4 is 14.6 Å². The summed E-state index contributed by atoms with van der Waals surface area (Å²) in [6.07, 6.45) is 8.86. The topological polar surface area (TPSA) is 54.0 Å². The molecule has 0 fully saturated rings. The van der Waals surface area contributed by atoms with Crippen molar-refractivity contribution in [3.8, 4) is 16.9 Å². The molecule has 0 radical (unpaired) electrons. The summed E-state index contributed by atoms with van der Waals surface area (Å²) >= 11 is 0. The smallest absolute Gasteiger partial charge is 0.482 e. The van der Waals surface area contributed by atoms with Gasteiger partial charge in [-0.2, -0.15) is 0 Å². The summed E-state index contributed by atoms with van der Waals surface area (Å²) in [5.74, 6) is 0.830. The van der Waals surface area contributed by atoms with Gasteiger partial charge in [0.1, 0.15) is 5.75 Å². The first-order chi connectivity index (χ1) is 17.4. The molecule has 0 heterocycles. The molecule has 2 aromatic carbocycles. The number of carbonyl (C=O) groups excluding carboxylic acids is 1. The van der Waals surface area contributed by atoms with Gasteiger partial charge in [-0.3, -0.25) is 4.79 Å². The van der Waals surface area contributed by atoms with Crippen LogP contribution in [0.2, 0.25) is 6.04 Å². The fourth-order valence-electron chi connectivity index (χ4n) is 5.02. The van der Waals surface area contributed by atoms with Gasteiger partial charge in [0.05, 0.1) is 0 Å². The Hall–Kier alpha value is -2.25. The van der Waals surface area contributed by atoms with Crippen LogP contribution in [-0.4, -0.2) is 42.0 Å². The lowest BCUT2D eigenvalue weighted by molar-refractivity contribution is -0.122. The number of benzene rings is 2. The van der Waals surface area contributed by atoms with Crippen LogP contribution < -0.4 is 4.74 Å². The molecule has 2 aromatic rings. The molecule has 0 spiro atoms. The normalized spacial score (nSPS) is 13.2. The van der Waals surface area contributed by atoms with Gasteiger partial charge in [-0.15, -0.1) is 0 Å². The van der Waals surface area contributed by atoms with Crippen molar-refractivity contribution < 1.29 is 22.8 Å². The van der Waals surface area contributed by atoms with Gasteiger partial charge in [-0.1, -0.05) is 75.1 Å². The molecule has 0 aliphatic heterocycles. The van der Waals surface area contributed by atoms with Gasteiger partial charge < -0.3 is 18.0 Å². The maximum atomic E-state index is 12.9. The second-order valence-corrected chi connectivity index (χ2v) is 12.8. The molecule has 1 atom stereocenters. The van der Waals surface area contributed by atoms with Crippen molar-refractivity contribution in [2.75, 3.05) is 21.3 Å². The van der Waals surface area contributed by atoms with Gasteiger partial charge in [-0.05, 0) is 54.5 Å². The lowest BCUT2D eigenvalue weighted by atomic mass is 10.0. The van der Waals surface area contributed by atoms with E-state index in [-0.39, 0.29) is 5.78 Å². The van der Waals surface area contributed by atoms with E-state index in [1.165, 1.54) is 35.1 Å². The Morgan fingerprint density at radius 3 is 2.14 bits per heavy atom. The molecule has 36 heavy (non-hydrogen) atoms. The van der Waals surface area contributed by atoms with Crippen LogP contribution in [0.25, 0.3) is 11.1 Å². The molecule has 0 N–H and O–H groups in total. The molecule has 0 bridgehead atoms. The minimum atomic E-state index is -2.44. The molecule has 3 rings (SSSR count). The van der Waals surface area contributed by atoms with Crippen molar-refractivity contribution in [3.63, 3.8) is 0 Å². The fourth-order valence-corrected chi connectivity index (χ4v) is 6.82. The van der Waals surface area contributed by atoms with Crippen LogP contribution in [0.4, 0.5) is 0 Å². The number of carbonyl (C=O) groups is 1. The summed E-state index contributed by atoms with van der Waals surface area (Å²) in [6.45, 7) is 5.67. The number of ether oxygens (including phenoxy) is 1. The Labute approximate surface area is 218 Å². The zero-order valence-electron chi connectivity index (χ0n) is 22.4. The zero-order chi connectivity index (χ0) is 26.0. The first kappa shape index (κ1) is 28.3. The largest absolute Gasteiger partial charge is 0.500 e. The molecule has 0 saturated carbocycles. The molecule has 0 amide bonds. The maximum absolute atomic E-state index is 12.9. The quantitative estimate of drug-likeness (QED) is 0.110. The van der Waals surface area contributed by atoms with Crippen molar-refractivity contribution in [1.29, 1.82) is 0 Å². The molecule has 1 aliphatic rings. The lowest BCUT2D eigenvalue weighted by Crippen LogP contribution is -2.42. The SMILES string of the molecule is C=C(C)C(=O)C(CCCCCCCCC[Si](OC)(OC)OC)Oc1cccc2c1Cc1ccccc1-2. The van der Waals surface area contributed by atoms with Crippen molar-refractivity contribution in [3.05, 3.63) is 65.7 Å². The van der Waals surface area contributed by atoms with Crippen LogP contribution in [0.1, 0.15) is 69.4 Å². The highest BCUT2D eigenvalue weighted by atomic mass is 28.4. The van der Waals surface area contributed by atoms with Gasteiger partial charge in [0.25, 0.3) is 0 Å². The van der Waals surface area contributed by atoms with Crippen LogP contribution in [-0.2, 0) is 24.5 Å². The van der Waals surface area contributed by atoms with Gasteiger partial charge in [-0.25, -0.2) is 0 Å². The van der Waals surface area contributed by atoms with E-state index in [0.717, 1.165) is 50.3 Å². The third-order valence-corrected chi connectivity index (χ3v) is 10.0. The summed E-state index contributed by atoms with van der Waals surface area (Å²) < 4.78 is 22.9. The molecule has 6 heteroatoms. The third kappa shape index (κ3) is 7.16. The highest BCUT2D eigenvalue weighted by Gasteiger charge is 2.36. The lowest BCUT2D eigenvalue weighted by Gasteiger charge is -2.24. The molecular weight excluding hydrogens is 468 g/mol. The number of unbranched alkanes of at least 4 members (excludes halogenated alkanes) is 6. The summed E-state index contributed by atoms with van der Waals surface area (Å²) in [5, 5.41) is 0. The van der Waals surface area contributed by atoms with E-state index in [2.05, 4.69) is 36.9 Å². The van der Waals surface area contributed by atoms with E-state index in [1.807, 2.05) is 12.1 Å². The molecular formula is C30H42O5Si. The Bertz CT molecular complexity index is 1010. The first-order valence-electron chi connectivity index (χ1n) is 13.2. The van der Waals surface area contributed by atoms with Crippen molar-refractivity contribution in [2.24, 2.45) is 0 Å². The highest BCUT2D eigenvalue weighted by molar-refractivity contribution is 6.60. The van der Waals surface area contributed by atoms with Crippen LogP contribution in [0.5, 0.6) is 5.75 Å². The second kappa shape index (κ2) is 13.9. The predicted octanol–water partition coefficient (Wildman–Crippen LogP) is 7.15. The molecule has 5 nitrogen and oxygen atoms in total. The van der Waals surface area contributed by atoms with Gasteiger partial charge in [0, 0.05) is 39.4 Å². The fraction of sp³-hybridized carbons (Fsp3) is 0.500. The number of fused-ring (bicyclic) bond motifs is 3. The summed E-state index contributed by atoms with van der Waals surface area (Å²) in [4.78, 5) is 12.9. The van der Waals surface area contributed by atoms with Crippen LogP contribution >= 0.6 is 0 Å². The summed E-state index contributed by atoms with van der Waals surface area (Å²) in [7, 11) is 2.56. The Morgan fingerprint density at radius 1 is 0.861 bits per heavy atom. The third-order valence-electron chi connectivity index (χ3n) is 7.17. The number of rotatable bonds is 17. The van der Waals surface area contributed by atoms with Crippen molar-refractivity contribution in [2.45, 2.75) is 76.9 Å². The molecule has 0 aromatic heterocycles. The summed E-state index contributed by atoms with van der Waals surface area (Å²) in [6, 6.07) is 15.5. The minimum absolute atomic E-state index is 0.00481. The van der Waals surface area contributed by atoms with Crippen LogP contribution in [0.15, 0.2) is 54.6 Å². The van der Waals surface area contributed by atoms with Crippen LogP contribution in [0.3, 0.4) is 0 Å². The van der Waals surface area contributed by atoms with E-state index in [9.17, 15) is 4.79 Å². The minimum Gasteiger partial charge on any atom is -0.482 e. The number of Topliss-reactive ketones (excluding diaryl/α,β-unsaturated/α-hetero) is 1. The monoisotopic (exact) mass is 510 g/mol. The highest BCUT2D eigenvalue weighted by Crippen LogP contribution is 2.41. The van der Waals surface area contributed by atoms with Crippen LogP contribution in [0, 0.1) is 0 Å². The zero-order valence-corrected chi connectivity index (χ0v) is 23.4.